The molecule has 0 radical (unpaired) electrons. The van der Waals surface area contributed by atoms with Crippen LogP contribution in [0.4, 0.5) is 13.2 Å². The molecule has 10 fully saturated rings. The summed E-state index contributed by atoms with van der Waals surface area (Å²) in [5.41, 5.74) is -0.859. The second-order valence-electron chi connectivity index (χ2n) is 24.5. The molecule has 10 heterocycles. The molecule has 10 aliphatic heterocycles. The average molecular weight is 1730 g/mol. The molecular formula is C64H115F3NO30RfS-. The van der Waals surface area contributed by atoms with Crippen molar-refractivity contribution in [1.82, 2.24) is 0 Å². The summed E-state index contributed by atoms with van der Waals surface area (Å²) >= 11 is 1.68. The first-order valence-corrected chi connectivity index (χ1v) is 33.3. The fraction of sp³-hybridized carbons (Fsp3) is 0.875. The molecule has 0 aromatic rings. The second kappa shape index (κ2) is 48.6. The van der Waals surface area contributed by atoms with E-state index in [2.05, 4.69) is 11.3 Å². The van der Waals surface area contributed by atoms with Crippen LogP contribution in [0.3, 0.4) is 0 Å². The minimum absolute atomic E-state index is 0. The van der Waals surface area contributed by atoms with E-state index in [0.717, 1.165) is 18.6 Å². The molecule has 0 aliphatic carbocycles. The van der Waals surface area contributed by atoms with Gasteiger partial charge < -0.3 is 157 Å². The predicted octanol–water partition coefficient (Wildman–Crippen LogP) is -3.62. The number of nitrogens with zero attached hydrogens (tertiary/aromatic N) is 1. The minimum Gasteiger partial charge on any atom is -0.394 e. The number of hydrogen-bond donors (Lipinski definition) is 19. The first-order valence-electron chi connectivity index (χ1n) is 32.2. The van der Waals surface area contributed by atoms with Crippen LogP contribution in [0.2, 0.25) is 0 Å². The summed E-state index contributed by atoms with van der Waals surface area (Å²) < 4.78 is 92.8. The number of aliphatic hydroxyl groups excluding tert-OH is 18. The Morgan fingerprint density at radius 1 is 0.530 bits per heavy atom. The summed E-state index contributed by atoms with van der Waals surface area (Å²) in [5.74, 6) is -0.689. The molecule has 31 atom stereocenters. The number of aliphatic hydroxyl groups is 19. The summed E-state index contributed by atoms with van der Waals surface area (Å²) in [4.78, 5) is 0. The Morgan fingerprint density at radius 2 is 1.03 bits per heavy atom. The van der Waals surface area contributed by atoms with E-state index in [1.807, 2.05) is 32.8 Å². The average Bonchev–Trinajstić information content (AvgIpc) is 1.66. The smallest absolute Gasteiger partial charge is 0.301 e. The molecule has 0 amide bonds. The van der Waals surface area contributed by atoms with Crippen molar-refractivity contribution < 1.29 is 162 Å². The van der Waals surface area contributed by atoms with Gasteiger partial charge in [0.2, 0.25) is 0 Å². The van der Waals surface area contributed by atoms with Crippen molar-refractivity contribution in [3.63, 3.8) is 0 Å². The van der Waals surface area contributed by atoms with Gasteiger partial charge in [-0.3, -0.25) is 0 Å². The van der Waals surface area contributed by atoms with Crippen LogP contribution < -0.4 is 0 Å². The molecule has 10 rings (SSSR count). The number of hydrogen-bond acceptors (Lipinski definition) is 32. The van der Waals surface area contributed by atoms with Crippen LogP contribution in [0.15, 0.2) is 24.1 Å². The summed E-state index contributed by atoms with van der Waals surface area (Å²) in [6.45, 7) is 21.6. The predicted molar refractivity (Wildman–Crippen MR) is 347 cm³/mol. The molecule has 10 aliphatic rings. The quantitative estimate of drug-likeness (QED) is 0.0602. The molecule has 0 saturated carbocycles. The van der Waals surface area contributed by atoms with Crippen LogP contribution in [0.1, 0.15) is 89.0 Å². The van der Waals surface area contributed by atoms with Crippen molar-refractivity contribution >= 4 is 11.8 Å². The van der Waals surface area contributed by atoms with Gasteiger partial charge >= 0.3 is 5.92 Å². The van der Waals surface area contributed by atoms with Gasteiger partial charge in [0.05, 0.1) is 146 Å². The van der Waals surface area contributed by atoms with Gasteiger partial charge in [-0.15, -0.1) is 18.2 Å². The first-order chi connectivity index (χ1) is 45.9. The topological polar surface area (TPSA) is 510 Å². The summed E-state index contributed by atoms with van der Waals surface area (Å²) in [7, 11) is 0. The Bertz CT molecular complexity index is 2260. The third kappa shape index (κ3) is 29.1. The Labute approximate surface area is 582 Å². The van der Waals surface area contributed by atoms with Gasteiger partial charge in [-0.1, -0.05) is 12.5 Å². The maximum absolute atomic E-state index is 12.7. The molecule has 0 bridgehead atoms. The van der Waals surface area contributed by atoms with Crippen LogP contribution in [0, 0.1) is 37.0 Å². The normalized spacial score (nSPS) is 42.5. The molecule has 31 nitrogen and oxygen atoms in total. The summed E-state index contributed by atoms with van der Waals surface area (Å²) in [6.07, 6.45) is -8.66. The molecular weight excluding hydrogens is 1620 g/mol. The largest absolute Gasteiger partial charge is 0.394 e. The Balaban J connectivity index is 0. The Morgan fingerprint density at radius 3 is 1.26 bits per heavy atom. The van der Waals surface area contributed by atoms with E-state index < -0.39 is 141 Å². The van der Waals surface area contributed by atoms with Gasteiger partial charge in [0.15, 0.2) is 11.9 Å². The van der Waals surface area contributed by atoms with Gasteiger partial charge in [-0.2, -0.15) is 5.26 Å². The Hall–Kier alpha value is -3.53. The third-order valence-corrected chi connectivity index (χ3v) is 18.1. The number of rotatable bonds is 9. The van der Waals surface area contributed by atoms with Crippen LogP contribution in [0.25, 0.3) is 0 Å². The zero-order valence-corrected chi connectivity index (χ0v) is 66.3. The molecule has 0 spiro atoms. The number of halogens is 3. The minimum atomic E-state index is -3.24. The molecule has 0 aromatic heterocycles. The fourth-order valence-electron chi connectivity index (χ4n) is 10.4. The standard InChI is InChI=1S/C8H12O4.C7H11FO3.C7H11NO3.C7H12O3.C6H10F2O3.C6H12O4.C6H12O3.C6H12O2.C5H10O3.C5H10O2S.CH3.Rf/c1-3-8(11)6(4-9)12-5(2)7(8)10;2*1-4-5(2-8)7(10)6(3-9)11-4;1-4-5(2)10-6(3-8)7(4)9;1-3-6(7,8)5(10)4(2-9)11-3;1-3-5(8)6(9)4(2-7)10-3;1-3-5(7)6(8)4(2)9-3;1-5-2-3-6(4-7)8-5;1-4-3-7-5(2-6)8-4;1-4-3-8-5(2-6)7-4;;/h1,5-7,9-11H,4H2,2H3;2,4,6-7,9-10H,3H2,1H3;4-7,9-10H,3H2,1H3;5-9H,1,3H2,2H3;3-5,9-10H,2H2,1H3;3-9H,2H2,1H3;3-8H,1-2H3;5-7H,2-4H2,1H3;2*4-6H,2-3H2,1H3;1H3;/q;;;;;;;;;;-1;/b;5-2-;;;;;;;;;;/t5-,6+,7-,8+;4-,6+,7-;4-,5+,6+,7-;5-,6+,7-;3-,4+,5+;3-,4+,5+,6+;3-,4+,5-,6+;5-,6-;4-,5+;4-,5-;;/m000000.001../s1. The van der Waals surface area contributed by atoms with Crippen molar-refractivity contribution in [1.29, 1.82) is 5.26 Å². The fourth-order valence-corrected chi connectivity index (χ4v) is 11.3. The van der Waals surface area contributed by atoms with Crippen molar-refractivity contribution in [2.24, 2.45) is 5.92 Å². The van der Waals surface area contributed by atoms with Crippen LogP contribution in [0.5, 0.6) is 0 Å². The van der Waals surface area contributed by atoms with E-state index in [9.17, 15) is 38.7 Å². The molecule has 19 N–H and O–H groups in total. The van der Waals surface area contributed by atoms with Crippen molar-refractivity contribution in [3.8, 4) is 18.4 Å². The van der Waals surface area contributed by atoms with E-state index in [4.69, 9.17) is 131 Å². The number of ether oxygens (including phenoxy) is 11. The van der Waals surface area contributed by atoms with E-state index in [0.29, 0.717) is 30.7 Å². The van der Waals surface area contributed by atoms with Gasteiger partial charge in [0, 0.05) is 11.3 Å². The number of terminal acetylenes is 1. The van der Waals surface area contributed by atoms with E-state index in [1.165, 1.54) is 6.92 Å². The zero-order chi connectivity index (χ0) is 75.3. The van der Waals surface area contributed by atoms with Crippen LogP contribution in [-0.4, -0.2) is 357 Å². The van der Waals surface area contributed by atoms with Gasteiger partial charge in [0.1, 0.15) is 109 Å². The third-order valence-electron chi connectivity index (χ3n) is 16.8. The molecule has 10 saturated heterocycles. The van der Waals surface area contributed by atoms with Crippen molar-refractivity contribution in [2.75, 3.05) is 71.8 Å². The molecule has 36 heteroatoms. The summed E-state index contributed by atoms with van der Waals surface area (Å²) in [6, 6.07) is 1.94. The van der Waals surface area contributed by atoms with E-state index in [-0.39, 0.29) is 114 Å². The number of alkyl halides is 2. The SMILES string of the molecule is C#C[C@@]1(O)[C@@H](CO)O[C@@H](C)[C@@H]1O.C=C1[C@H](C)O[C@H](CO)[C@H]1O.C[C@@H]1CS[C@H](CO)O1.C[C@@H]1O[C@H](C)[C@@H](O)[C@H]1O.C[C@@H]1O[C@H](CO)[C@@H](O)/C1=C\F.C[C@@H]1O[C@H](CO)[C@@H](O)C1(F)F.C[C@@H]1O[C@H](CO)[C@@H](O)[C@@H]1C#N.C[C@@H]1O[C@H](CO)[C@@H](O)[C@@H]1O.C[C@H]1CC[C@@H](CO)O1.C[C@H]1CO[C@@H](CO)O1.[CH3-].[Rf]. The van der Waals surface area contributed by atoms with Gasteiger partial charge in [0.25, 0.3) is 0 Å². The zero-order valence-electron chi connectivity index (χ0n) is 59.1. The molecule has 0 aromatic carbocycles. The second-order valence-corrected chi connectivity index (χ2v) is 25.7. The van der Waals surface area contributed by atoms with Gasteiger partial charge in [-0.25, -0.2) is 13.2 Å². The molecule has 0 unspecified atom stereocenters. The molecule has 100 heavy (non-hydrogen) atoms. The number of nitriles is 1. The van der Waals surface area contributed by atoms with Crippen LogP contribution in [-0.2, 0) is 52.1 Å². The first kappa shape index (κ1) is 98.5. The van der Waals surface area contributed by atoms with E-state index >= 15 is 0 Å². The van der Waals surface area contributed by atoms with Gasteiger partial charge in [-0.05, 0) is 94.6 Å². The van der Waals surface area contributed by atoms with E-state index in [1.54, 1.807) is 60.2 Å². The Kier molecular flexibility index (Phi) is 47.8. The monoisotopic (exact) mass is 1730 g/mol. The maximum Gasteiger partial charge on any atom is 0.301 e. The van der Waals surface area contributed by atoms with Crippen LogP contribution >= 0.6 is 11.8 Å². The summed E-state index contributed by atoms with van der Waals surface area (Å²) in [5, 5.41) is 178. The van der Waals surface area contributed by atoms with Crippen molar-refractivity contribution in [2.45, 2.75) is 277 Å². The number of thioether (sulfide) groups is 1. The van der Waals surface area contributed by atoms with Crippen molar-refractivity contribution in [3.05, 3.63) is 31.5 Å². The maximum atomic E-state index is 12.7. The molecule has 586 valence electrons.